The van der Waals surface area contributed by atoms with Crippen LogP contribution in [0.15, 0.2) is 54.6 Å². The highest BCUT2D eigenvalue weighted by molar-refractivity contribution is 14.1. The van der Waals surface area contributed by atoms with Gasteiger partial charge >= 0.3 is 5.97 Å². The lowest BCUT2D eigenvalue weighted by Crippen LogP contribution is -2.47. The Morgan fingerprint density at radius 3 is 2.46 bits per heavy atom. The normalized spacial score (nSPS) is 11.3. The van der Waals surface area contributed by atoms with Crippen molar-refractivity contribution in [3.63, 3.8) is 0 Å². The minimum absolute atomic E-state index is 0.229. The molecule has 0 aliphatic heterocycles. The van der Waals surface area contributed by atoms with Crippen molar-refractivity contribution in [2.75, 3.05) is 13.7 Å². The molecule has 26 heavy (non-hydrogen) atoms. The number of methoxy groups -OCH3 is 1. The monoisotopic (exact) mass is 466 g/mol. The van der Waals surface area contributed by atoms with Crippen LogP contribution in [-0.2, 0) is 20.7 Å². The summed E-state index contributed by atoms with van der Waals surface area (Å²) in [5, 5.41) is 5.14. The first-order chi connectivity index (χ1) is 12.5. The van der Waals surface area contributed by atoms with Gasteiger partial charge in [-0.3, -0.25) is 9.59 Å². The molecular weight excluding hydrogens is 447 g/mol. The molecule has 2 N–H and O–H groups in total. The highest BCUT2D eigenvalue weighted by Crippen LogP contribution is 2.10. The van der Waals surface area contributed by atoms with Crippen molar-refractivity contribution in [3.05, 3.63) is 69.3 Å². The lowest BCUT2D eigenvalue weighted by atomic mass is 10.1. The van der Waals surface area contributed by atoms with Crippen LogP contribution in [0.4, 0.5) is 0 Å². The van der Waals surface area contributed by atoms with Crippen LogP contribution in [0.1, 0.15) is 15.9 Å². The van der Waals surface area contributed by atoms with Gasteiger partial charge in [-0.25, -0.2) is 4.79 Å². The van der Waals surface area contributed by atoms with Gasteiger partial charge in [0.15, 0.2) is 0 Å². The fourth-order valence-electron chi connectivity index (χ4n) is 2.33. The van der Waals surface area contributed by atoms with E-state index in [4.69, 9.17) is 4.74 Å². The van der Waals surface area contributed by atoms with E-state index in [9.17, 15) is 14.4 Å². The van der Waals surface area contributed by atoms with E-state index < -0.39 is 17.9 Å². The second kappa shape index (κ2) is 9.91. The van der Waals surface area contributed by atoms with Gasteiger partial charge in [0.2, 0.25) is 5.91 Å². The Labute approximate surface area is 165 Å². The molecule has 1 atom stereocenters. The number of benzene rings is 2. The minimum Gasteiger partial charge on any atom is -0.467 e. The van der Waals surface area contributed by atoms with Crippen molar-refractivity contribution in [1.29, 1.82) is 0 Å². The van der Waals surface area contributed by atoms with Crippen molar-refractivity contribution in [2.45, 2.75) is 12.5 Å². The maximum absolute atomic E-state index is 12.1. The number of amides is 2. The lowest BCUT2D eigenvalue weighted by Gasteiger charge is -2.17. The third kappa shape index (κ3) is 6.14. The summed E-state index contributed by atoms with van der Waals surface area (Å²) in [5.74, 6) is -1.35. The summed E-state index contributed by atoms with van der Waals surface area (Å²) >= 11 is 2.18. The first-order valence-electron chi connectivity index (χ1n) is 7.94. The average Bonchev–Trinajstić information content (AvgIpc) is 2.65. The first kappa shape index (κ1) is 19.9. The number of carbonyl (C=O) groups excluding carboxylic acids is 3. The molecule has 0 bridgehead atoms. The zero-order chi connectivity index (χ0) is 18.9. The van der Waals surface area contributed by atoms with Gasteiger partial charge in [-0.2, -0.15) is 0 Å². The van der Waals surface area contributed by atoms with Crippen molar-refractivity contribution >= 4 is 40.4 Å². The van der Waals surface area contributed by atoms with Crippen molar-refractivity contribution in [3.8, 4) is 0 Å². The molecule has 2 rings (SSSR count). The molecule has 136 valence electrons. The van der Waals surface area contributed by atoms with Gasteiger partial charge in [0.25, 0.3) is 5.91 Å². The number of halogens is 1. The van der Waals surface area contributed by atoms with E-state index in [1.807, 2.05) is 24.3 Å². The number of carbonyl (C=O) groups is 3. The SMILES string of the molecule is COC(=O)[C@@H](Cc1cccc(I)c1)NC(=O)CNC(=O)c1ccccc1. The lowest BCUT2D eigenvalue weighted by molar-refractivity contribution is -0.144. The summed E-state index contributed by atoms with van der Waals surface area (Å²) in [6, 6.07) is 15.4. The largest absolute Gasteiger partial charge is 0.467 e. The van der Waals surface area contributed by atoms with E-state index in [1.165, 1.54) is 7.11 Å². The van der Waals surface area contributed by atoms with Crippen molar-refractivity contribution in [2.24, 2.45) is 0 Å². The summed E-state index contributed by atoms with van der Waals surface area (Å²) in [5.41, 5.74) is 1.37. The summed E-state index contributed by atoms with van der Waals surface area (Å²) in [6.45, 7) is -0.229. The number of nitrogens with one attached hydrogen (secondary N) is 2. The van der Waals surface area contributed by atoms with Crippen LogP contribution in [0, 0.1) is 3.57 Å². The van der Waals surface area contributed by atoms with Crippen molar-refractivity contribution < 1.29 is 19.1 Å². The standard InChI is InChI=1S/C19H19IN2O4/c1-26-19(25)16(11-13-6-5-9-15(20)10-13)22-17(23)12-21-18(24)14-7-3-2-4-8-14/h2-10,16H,11-12H2,1H3,(H,21,24)(H,22,23)/t16-/m1/s1. The Morgan fingerprint density at radius 1 is 1.08 bits per heavy atom. The van der Waals surface area contributed by atoms with E-state index in [2.05, 4.69) is 33.2 Å². The summed E-state index contributed by atoms with van der Waals surface area (Å²) in [6.07, 6.45) is 0.307. The van der Waals surface area contributed by atoms with Crippen LogP contribution in [-0.4, -0.2) is 37.5 Å². The first-order valence-corrected chi connectivity index (χ1v) is 9.02. The molecule has 2 aromatic rings. The number of esters is 1. The zero-order valence-electron chi connectivity index (χ0n) is 14.2. The van der Waals surface area contributed by atoms with Crippen LogP contribution in [0.5, 0.6) is 0 Å². The molecule has 0 aromatic heterocycles. The van der Waals surface area contributed by atoms with E-state index in [1.54, 1.807) is 30.3 Å². The Hall–Kier alpha value is -2.42. The molecule has 0 fully saturated rings. The van der Waals surface area contributed by atoms with Crippen LogP contribution in [0.2, 0.25) is 0 Å². The van der Waals surface area contributed by atoms with Gasteiger partial charge in [0.1, 0.15) is 6.04 Å². The molecule has 0 spiro atoms. The number of rotatable bonds is 7. The fourth-order valence-corrected chi connectivity index (χ4v) is 2.94. The molecule has 0 radical (unpaired) electrons. The number of hydrogen-bond acceptors (Lipinski definition) is 4. The predicted octanol–water partition coefficient (Wildman–Crippen LogP) is 1.92. The van der Waals surface area contributed by atoms with Gasteiger partial charge in [0, 0.05) is 15.6 Å². The van der Waals surface area contributed by atoms with Gasteiger partial charge < -0.3 is 15.4 Å². The molecule has 0 heterocycles. The maximum atomic E-state index is 12.1. The van der Waals surface area contributed by atoms with E-state index >= 15 is 0 Å². The molecule has 2 amide bonds. The third-order valence-electron chi connectivity index (χ3n) is 3.60. The van der Waals surface area contributed by atoms with Crippen LogP contribution in [0.3, 0.4) is 0 Å². The summed E-state index contributed by atoms with van der Waals surface area (Å²) in [7, 11) is 1.27. The highest BCUT2D eigenvalue weighted by atomic mass is 127. The van der Waals surface area contributed by atoms with E-state index in [0.29, 0.717) is 12.0 Å². The van der Waals surface area contributed by atoms with Gasteiger partial charge in [-0.05, 0) is 52.4 Å². The summed E-state index contributed by atoms with van der Waals surface area (Å²) in [4.78, 5) is 36.1. The van der Waals surface area contributed by atoms with Gasteiger partial charge in [-0.15, -0.1) is 0 Å². The molecule has 6 nitrogen and oxygen atoms in total. The van der Waals surface area contributed by atoms with E-state index in [0.717, 1.165) is 9.13 Å². The summed E-state index contributed by atoms with van der Waals surface area (Å²) < 4.78 is 5.80. The zero-order valence-corrected chi connectivity index (χ0v) is 16.4. The highest BCUT2D eigenvalue weighted by Gasteiger charge is 2.22. The second-order valence-electron chi connectivity index (χ2n) is 5.53. The maximum Gasteiger partial charge on any atom is 0.328 e. The topological polar surface area (TPSA) is 84.5 Å². The van der Waals surface area contributed by atoms with Gasteiger partial charge in [0.05, 0.1) is 13.7 Å². The molecular formula is C19H19IN2O4. The third-order valence-corrected chi connectivity index (χ3v) is 4.27. The van der Waals surface area contributed by atoms with Gasteiger partial charge in [-0.1, -0.05) is 30.3 Å². The molecule has 0 aliphatic rings. The van der Waals surface area contributed by atoms with E-state index in [-0.39, 0.29) is 12.5 Å². The van der Waals surface area contributed by atoms with Crippen LogP contribution in [0.25, 0.3) is 0 Å². The number of hydrogen-bond donors (Lipinski definition) is 2. The Kier molecular flexibility index (Phi) is 7.58. The smallest absolute Gasteiger partial charge is 0.328 e. The number of ether oxygens (including phenoxy) is 1. The van der Waals surface area contributed by atoms with Crippen molar-refractivity contribution in [1.82, 2.24) is 10.6 Å². The molecule has 0 unspecified atom stereocenters. The quantitative estimate of drug-likeness (QED) is 0.483. The average molecular weight is 466 g/mol. The second-order valence-corrected chi connectivity index (χ2v) is 6.77. The minimum atomic E-state index is -0.820. The predicted molar refractivity (Wildman–Crippen MR) is 106 cm³/mol. The fraction of sp³-hybridized carbons (Fsp3) is 0.211. The molecule has 0 saturated carbocycles. The Bertz CT molecular complexity index is 780. The molecule has 0 aliphatic carbocycles. The Morgan fingerprint density at radius 2 is 1.81 bits per heavy atom. The molecule has 2 aromatic carbocycles. The Balaban J connectivity index is 1.93. The molecule has 7 heteroatoms. The molecule has 0 saturated heterocycles. The van der Waals surface area contributed by atoms with Crippen LogP contribution < -0.4 is 10.6 Å². The van der Waals surface area contributed by atoms with Crippen LogP contribution >= 0.6 is 22.6 Å².